The standard InChI is InChI=1S/C9H16N2O3/c1-4-14-5-9(3)8(13)10-7(12)6(2)11-9/h6,11H,4-5H2,1-3H3,(H,10,12,13). The summed E-state index contributed by atoms with van der Waals surface area (Å²) in [6.07, 6.45) is 0. The summed E-state index contributed by atoms with van der Waals surface area (Å²) in [5, 5.41) is 5.25. The highest BCUT2D eigenvalue weighted by Gasteiger charge is 2.41. The molecule has 0 aromatic carbocycles. The third-order valence-corrected chi connectivity index (χ3v) is 2.26. The zero-order valence-electron chi connectivity index (χ0n) is 8.72. The minimum Gasteiger partial charge on any atom is -0.379 e. The molecule has 1 heterocycles. The summed E-state index contributed by atoms with van der Waals surface area (Å²) >= 11 is 0. The molecule has 14 heavy (non-hydrogen) atoms. The number of nitrogens with one attached hydrogen (secondary N) is 2. The molecule has 0 aromatic heterocycles. The predicted octanol–water partition coefficient (Wildman–Crippen LogP) is -0.584. The van der Waals surface area contributed by atoms with Crippen LogP contribution in [0.15, 0.2) is 0 Å². The van der Waals surface area contributed by atoms with E-state index in [0.717, 1.165) is 0 Å². The van der Waals surface area contributed by atoms with Crippen LogP contribution in [0.5, 0.6) is 0 Å². The maximum atomic E-state index is 11.5. The van der Waals surface area contributed by atoms with Crippen LogP contribution >= 0.6 is 0 Å². The lowest BCUT2D eigenvalue weighted by atomic mass is 9.97. The molecule has 0 radical (unpaired) electrons. The molecule has 5 nitrogen and oxygen atoms in total. The van der Waals surface area contributed by atoms with Crippen molar-refractivity contribution in [3.8, 4) is 0 Å². The molecule has 0 spiro atoms. The van der Waals surface area contributed by atoms with Crippen LogP contribution in [-0.4, -0.2) is 36.6 Å². The van der Waals surface area contributed by atoms with Gasteiger partial charge in [-0.15, -0.1) is 0 Å². The number of amides is 2. The highest BCUT2D eigenvalue weighted by molar-refractivity contribution is 6.04. The lowest BCUT2D eigenvalue weighted by Gasteiger charge is -2.35. The van der Waals surface area contributed by atoms with Gasteiger partial charge in [-0.3, -0.25) is 20.2 Å². The zero-order chi connectivity index (χ0) is 10.8. The molecule has 0 aromatic rings. The van der Waals surface area contributed by atoms with Gasteiger partial charge in [-0.05, 0) is 20.8 Å². The Kier molecular flexibility index (Phi) is 3.23. The molecule has 2 N–H and O–H groups in total. The van der Waals surface area contributed by atoms with E-state index in [1.165, 1.54) is 0 Å². The Morgan fingerprint density at radius 2 is 2.14 bits per heavy atom. The molecule has 0 bridgehead atoms. The van der Waals surface area contributed by atoms with Crippen molar-refractivity contribution in [1.29, 1.82) is 0 Å². The number of imide groups is 1. The normalized spacial score (nSPS) is 32.9. The van der Waals surface area contributed by atoms with Crippen molar-refractivity contribution in [2.45, 2.75) is 32.4 Å². The summed E-state index contributed by atoms with van der Waals surface area (Å²) in [7, 11) is 0. The van der Waals surface area contributed by atoms with Gasteiger partial charge in [0.15, 0.2) is 0 Å². The lowest BCUT2D eigenvalue weighted by Crippen LogP contribution is -2.69. The van der Waals surface area contributed by atoms with E-state index in [-0.39, 0.29) is 24.5 Å². The van der Waals surface area contributed by atoms with E-state index in [4.69, 9.17) is 4.74 Å². The second-order valence-corrected chi connectivity index (χ2v) is 3.65. The number of ether oxygens (including phenoxy) is 1. The fourth-order valence-corrected chi connectivity index (χ4v) is 1.38. The Morgan fingerprint density at radius 1 is 1.50 bits per heavy atom. The van der Waals surface area contributed by atoms with E-state index in [1.807, 2.05) is 6.92 Å². The van der Waals surface area contributed by atoms with Crippen molar-refractivity contribution in [3.05, 3.63) is 0 Å². The first-order chi connectivity index (χ1) is 6.49. The first-order valence-electron chi connectivity index (χ1n) is 4.70. The molecule has 1 aliphatic rings. The largest absolute Gasteiger partial charge is 0.379 e. The smallest absolute Gasteiger partial charge is 0.249 e. The van der Waals surface area contributed by atoms with Gasteiger partial charge < -0.3 is 4.74 Å². The molecular weight excluding hydrogens is 184 g/mol. The summed E-state index contributed by atoms with van der Waals surface area (Å²) in [5.41, 5.74) is -0.802. The molecular formula is C9H16N2O3. The number of piperazine rings is 1. The molecule has 1 aliphatic heterocycles. The van der Waals surface area contributed by atoms with E-state index in [2.05, 4.69) is 10.6 Å². The van der Waals surface area contributed by atoms with E-state index in [0.29, 0.717) is 6.61 Å². The van der Waals surface area contributed by atoms with Crippen molar-refractivity contribution in [3.63, 3.8) is 0 Å². The Morgan fingerprint density at radius 3 is 2.71 bits per heavy atom. The SMILES string of the molecule is CCOCC1(C)NC(C)C(=O)NC1=O. The van der Waals surface area contributed by atoms with E-state index >= 15 is 0 Å². The fraction of sp³-hybridized carbons (Fsp3) is 0.778. The molecule has 1 rings (SSSR count). The number of carbonyl (C=O) groups is 2. The highest BCUT2D eigenvalue weighted by Crippen LogP contribution is 2.10. The summed E-state index contributed by atoms with van der Waals surface area (Å²) in [6.45, 7) is 6.12. The highest BCUT2D eigenvalue weighted by atomic mass is 16.5. The van der Waals surface area contributed by atoms with Gasteiger partial charge in [0.05, 0.1) is 12.6 Å². The first-order valence-corrected chi connectivity index (χ1v) is 4.70. The molecule has 0 saturated carbocycles. The molecule has 5 heteroatoms. The fourth-order valence-electron chi connectivity index (χ4n) is 1.38. The number of rotatable bonds is 3. The number of hydrogen-bond acceptors (Lipinski definition) is 4. The average Bonchev–Trinajstić information content (AvgIpc) is 2.12. The van der Waals surface area contributed by atoms with Crippen LogP contribution in [-0.2, 0) is 14.3 Å². The minimum atomic E-state index is -0.802. The molecule has 2 unspecified atom stereocenters. The molecule has 2 atom stereocenters. The topological polar surface area (TPSA) is 67.4 Å². The Labute approximate surface area is 83.2 Å². The van der Waals surface area contributed by atoms with Crippen LogP contribution in [0.3, 0.4) is 0 Å². The zero-order valence-corrected chi connectivity index (χ0v) is 8.72. The second kappa shape index (κ2) is 4.06. The quantitative estimate of drug-likeness (QED) is 0.598. The molecule has 1 fully saturated rings. The van der Waals surface area contributed by atoms with Crippen LogP contribution in [0.1, 0.15) is 20.8 Å². The van der Waals surface area contributed by atoms with Crippen LogP contribution in [0.4, 0.5) is 0 Å². The van der Waals surface area contributed by atoms with Gasteiger partial charge in [-0.25, -0.2) is 0 Å². The van der Waals surface area contributed by atoms with Crippen LogP contribution in [0.25, 0.3) is 0 Å². The van der Waals surface area contributed by atoms with E-state index in [9.17, 15) is 9.59 Å². The summed E-state index contributed by atoms with van der Waals surface area (Å²) in [5.74, 6) is -0.613. The average molecular weight is 200 g/mol. The first kappa shape index (κ1) is 11.1. The van der Waals surface area contributed by atoms with Gasteiger partial charge in [-0.1, -0.05) is 0 Å². The monoisotopic (exact) mass is 200 g/mol. The second-order valence-electron chi connectivity index (χ2n) is 3.65. The Balaban J connectivity index is 2.67. The molecule has 2 amide bonds. The van der Waals surface area contributed by atoms with Crippen molar-refractivity contribution >= 4 is 11.8 Å². The summed E-state index contributed by atoms with van der Waals surface area (Å²) < 4.78 is 5.20. The van der Waals surface area contributed by atoms with Gasteiger partial charge in [0.25, 0.3) is 0 Å². The van der Waals surface area contributed by atoms with Crippen LogP contribution in [0, 0.1) is 0 Å². The van der Waals surface area contributed by atoms with E-state index < -0.39 is 5.54 Å². The third-order valence-electron chi connectivity index (χ3n) is 2.26. The van der Waals surface area contributed by atoms with E-state index in [1.54, 1.807) is 13.8 Å². The van der Waals surface area contributed by atoms with Crippen molar-refractivity contribution in [1.82, 2.24) is 10.6 Å². The van der Waals surface area contributed by atoms with Crippen molar-refractivity contribution in [2.75, 3.05) is 13.2 Å². The molecule has 0 aliphatic carbocycles. The predicted molar refractivity (Wildman–Crippen MR) is 50.6 cm³/mol. The van der Waals surface area contributed by atoms with Crippen LogP contribution in [0.2, 0.25) is 0 Å². The minimum absolute atomic E-state index is 0.271. The number of carbonyl (C=O) groups excluding carboxylic acids is 2. The summed E-state index contributed by atoms with van der Waals surface area (Å²) in [6, 6.07) is -0.363. The summed E-state index contributed by atoms with van der Waals surface area (Å²) in [4.78, 5) is 22.6. The lowest BCUT2D eigenvalue weighted by molar-refractivity contribution is -0.142. The Hall–Kier alpha value is -0.940. The van der Waals surface area contributed by atoms with Crippen molar-refractivity contribution < 1.29 is 14.3 Å². The van der Waals surface area contributed by atoms with Crippen LogP contribution < -0.4 is 10.6 Å². The van der Waals surface area contributed by atoms with Gasteiger partial charge >= 0.3 is 0 Å². The molecule has 80 valence electrons. The number of hydrogen-bond donors (Lipinski definition) is 2. The molecule has 1 saturated heterocycles. The van der Waals surface area contributed by atoms with Gasteiger partial charge in [0.1, 0.15) is 5.54 Å². The van der Waals surface area contributed by atoms with Crippen molar-refractivity contribution in [2.24, 2.45) is 0 Å². The van der Waals surface area contributed by atoms with Gasteiger partial charge in [0, 0.05) is 6.61 Å². The third kappa shape index (κ3) is 2.10. The maximum Gasteiger partial charge on any atom is 0.249 e. The van der Waals surface area contributed by atoms with Gasteiger partial charge in [0.2, 0.25) is 11.8 Å². The Bertz CT molecular complexity index is 254. The van der Waals surface area contributed by atoms with Gasteiger partial charge in [-0.2, -0.15) is 0 Å². The maximum absolute atomic E-state index is 11.5.